The molecule has 0 saturated carbocycles. The molecule has 0 unspecified atom stereocenters. The minimum Gasteiger partial charge on any atom is -0.631 e. The summed E-state index contributed by atoms with van der Waals surface area (Å²) in [6, 6.07) is 50.0. The van der Waals surface area contributed by atoms with Crippen molar-refractivity contribution in [3.8, 4) is 0 Å². The first-order chi connectivity index (χ1) is 26.1. The van der Waals surface area contributed by atoms with Crippen molar-refractivity contribution in [3.63, 3.8) is 0 Å². The summed E-state index contributed by atoms with van der Waals surface area (Å²) in [7, 11) is -4.82. The normalized spacial score (nSPS) is 22.1. The van der Waals surface area contributed by atoms with Crippen molar-refractivity contribution < 1.29 is 28.3 Å². The van der Waals surface area contributed by atoms with Crippen molar-refractivity contribution in [1.82, 2.24) is 0 Å². The fourth-order valence-corrected chi connectivity index (χ4v) is 11.5. The van der Waals surface area contributed by atoms with Crippen LogP contribution in [0.15, 0.2) is 164 Å². The van der Waals surface area contributed by atoms with E-state index in [1.54, 1.807) is 6.92 Å². The zero-order valence-corrected chi connectivity index (χ0v) is 31.3. The largest absolute Gasteiger partial charge is 0.631 e. The Kier molecular flexibility index (Phi) is 9.47. The molecule has 2 saturated heterocycles. The lowest BCUT2D eigenvalue weighted by Gasteiger charge is -2.44. The maximum absolute atomic E-state index is 17.2. The van der Waals surface area contributed by atoms with Gasteiger partial charge in [-0.2, -0.15) is 9.05 Å². The number of fused-ring (bicyclic) bond motifs is 2. The van der Waals surface area contributed by atoms with Gasteiger partial charge in [0.25, 0.3) is 14.0 Å². The van der Waals surface area contributed by atoms with E-state index in [4.69, 9.17) is 18.5 Å². The smallest absolute Gasteiger partial charge is 0.257 e. The predicted octanol–water partition coefficient (Wildman–Crippen LogP) is 9.51. The highest BCUT2D eigenvalue weighted by atomic mass is 31.2. The molecule has 2 heterocycles. The van der Waals surface area contributed by atoms with Gasteiger partial charge in [-0.3, -0.25) is 10.1 Å². The summed E-state index contributed by atoms with van der Waals surface area (Å²) in [6.07, 6.45) is -1.92. The molecule has 9 heteroatoms. The van der Waals surface area contributed by atoms with Crippen LogP contribution >= 0.6 is 7.94 Å². The Labute approximate surface area is 316 Å². The van der Waals surface area contributed by atoms with Gasteiger partial charge in [0.1, 0.15) is 12.2 Å². The van der Waals surface area contributed by atoms with E-state index in [-0.39, 0.29) is 11.3 Å². The summed E-state index contributed by atoms with van der Waals surface area (Å²) in [5.41, 5.74) is -1.62. The van der Waals surface area contributed by atoms with E-state index in [1.165, 1.54) is 0 Å². The van der Waals surface area contributed by atoms with Crippen LogP contribution in [0.3, 0.4) is 0 Å². The number of hydrogen-bond acceptors (Lipinski definition) is 7. The molecule has 8 rings (SSSR count). The monoisotopic (exact) mass is 739 g/mol. The molecule has 0 amide bonds. The van der Waals surface area contributed by atoms with E-state index in [2.05, 4.69) is 0 Å². The number of nitrogens with zero attached hydrogens (tertiary/aromatic N) is 1. The molecule has 0 aromatic heterocycles. The van der Waals surface area contributed by atoms with Crippen LogP contribution in [0.2, 0.25) is 0 Å². The van der Waals surface area contributed by atoms with Gasteiger partial charge in [0.05, 0.1) is 0 Å². The topological polar surface area (TPSA) is 103 Å². The van der Waals surface area contributed by atoms with Gasteiger partial charge in [0.2, 0.25) is 5.66 Å². The van der Waals surface area contributed by atoms with Crippen molar-refractivity contribution in [2.75, 3.05) is 0 Å². The zero-order chi connectivity index (χ0) is 37.6. The molecular weight excluding hydrogens is 697 g/mol. The number of ether oxygens (including phenoxy) is 2. The molecule has 0 bridgehead atoms. The SMILES string of the molecule is CC[C@@H]([C@@H](c1cccc2ccccc12)[P+]1([O-])OC(c2ccccc2)(c2ccccc2)[C@@H]2OC(C)(C)O[C@H]2C(c2ccccc2)(c2ccccc2)O1)[N+](=O)[O-]. The fourth-order valence-electron chi connectivity index (χ4n) is 8.52. The predicted molar refractivity (Wildman–Crippen MR) is 208 cm³/mol. The Bertz CT molecular complexity index is 2050. The number of rotatable bonds is 9. The van der Waals surface area contributed by atoms with Crippen LogP contribution in [0.5, 0.6) is 0 Å². The van der Waals surface area contributed by atoms with Crippen LogP contribution in [0.25, 0.3) is 10.8 Å². The van der Waals surface area contributed by atoms with E-state index in [0.717, 1.165) is 10.8 Å². The highest BCUT2D eigenvalue weighted by Gasteiger charge is 2.73. The van der Waals surface area contributed by atoms with Gasteiger partial charge in [-0.05, 0) is 46.9 Å². The lowest BCUT2D eigenvalue weighted by Crippen LogP contribution is -2.53. The lowest BCUT2D eigenvalue weighted by atomic mass is 9.72. The Balaban J connectivity index is 1.55. The molecule has 0 N–H and O–H groups in total. The van der Waals surface area contributed by atoms with E-state index < -0.39 is 48.8 Å². The first kappa shape index (κ1) is 36.2. The maximum Gasteiger partial charge on any atom is 0.257 e. The molecule has 0 aliphatic carbocycles. The van der Waals surface area contributed by atoms with Crippen molar-refractivity contribution >= 4 is 18.7 Å². The highest BCUT2D eigenvalue weighted by molar-refractivity contribution is 7.59. The quantitative estimate of drug-likeness (QED) is 0.0827. The van der Waals surface area contributed by atoms with Gasteiger partial charge < -0.3 is 14.4 Å². The Morgan fingerprint density at radius 3 is 1.41 bits per heavy atom. The van der Waals surface area contributed by atoms with Crippen molar-refractivity contribution in [2.45, 2.75) is 68.1 Å². The molecule has 8 nitrogen and oxygen atoms in total. The molecule has 2 fully saturated rings. The second kappa shape index (κ2) is 14.1. The average Bonchev–Trinajstić information content (AvgIpc) is 3.50. The van der Waals surface area contributed by atoms with Crippen molar-refractivity contribution in [1.29, 1.82) is 0 Å². The third-order valence-electron chi connectivity index (χ3n) is 10.8. The first-order valence-corrected chi connectivity index (χ1v) is 19.9. The van der Waals surface area contributed by atoms with Crippen molar-refractivity contribution in [2.24, 2.45) is 0 Å². The molecule has 6 aromatic rings. The zero-order valence-electron chi connectivity index (χ0n) is 30.4. The fraction of sp³-hybridized carbons (Fsp3) is 0.244. The summed E-state index contributed by atoms with van der Waals surface area (Å²) in [5.74, 6) is -1.16. The Morgan fingerprint density at radius 1 is 0.611 bits per heavy atom. The molecule has 0 spiro atoms. The Morgan fingerprint density at radius 2 is 1.00 bits per heavy atom. The molecule has 4 atom stereocenters. The molecule has 274 valence electrons. The lowest BCUT2D eigenvalue weighted by molar-refractivity contribution is -0.525. The van der Waals surface area contributed by atoms with Gasteiger partial charge in [0.15, 0.2) is 17.0 Å². The summed E-state index contributed by atoms with van der Waals surface area (Å²) >= 11 is 0. The average molecular weight is 740 g/mol. The summed E-state index contributed by atoms with van der Waals surface area (Å²) < 4.78 is 29.1. The number of benzene rings is 6. The van der Waals surface area contributed by atoms with Gasteiger partial charge in [-0.15, -0.1) is 0 Å². The van der Waals surface area contributed by atoms with Crippen LogP contribution in [-0.2, 0) is 29.7 Å². The molecule has 2 aliphatic rings. The van der Waals surface area contributed by atoms with E-state index >= 15 is 4.89 Å². The number of nitro groups is 1. The first-order valence-electron chi connectivity index (χ1n) is 18.3. The van der Waals surface area contributed by atoms with Crippen LogP contribution < -0.4 is 4.89 Å². The molecule has 54 heavy (non-hydrogen) atoms. The second-order valence-corrected chi connectivity index (χ2v) is 16.4. The maximum atomic E-state index is 17.2. The molecule has 6 aromatic carbocycles. The summed E-state index contributed by atoms with van der Waals surface area (Å²) in [5, 5.41) is 14.9. The van der Waals surface area contributed by atoms with Gasteiger partial charge in [-0.1, -0.05) is 171 Å². The van der Waals surface area contributed by atoms with Gasteiger partial charge in [0, 0.05) is 16.9 Å². The Hall–Kier alpha value is -4.79. The van der Waals surface area contributed by atoms with Crippen molar-refractivity contribution in [3.05, 3.63) is 202 Å². The minimum absolute atomic E-state index is 0.0534. The number of hydrogen-bond donors (Lipinski definition) is 0. The summed E-state index contributed by atoms with van der Waals surface area (Å²) in [6.45, 7) is 5.44. The van der Waals surface area contributed by atoms with Crippen LogP contribution in [-0.4, -0.2) is 29.0 Å². The van der Waals surface area contributed by atoms with Crippen LogP contribution in [0.4, 0.5) is 0 Å². The van der Waals surface area contributed by atoms with E-state index in [1.807, 2.05) is 178 Å². The van der Waals surface area contributed by atoms with Gasteiger partial charge >= 0.3 is 0 Å². The third-order valence-corrected chi connectivity index (χ3v) is 13.2. The highest BCUT2D eigenvalue weighted by Crippen LogP contribution is 2.77. The van der Waals surface area contributed by atoms with Crippen LogP contribution in [0, 0.1) is 10.1 Å². The molecule has 0 radical (unpaired) electrons. The van der Waals surface area contributed by atoms with Gasteiger partial charge in [-0.25, -0.2) is 0 Å². The minimum atomic E-state index is -4.82. The second-order valence-electron chi connectivity index (χ2n) is 14.4. The molecular formula is C45H42NO7P. The van der Waals surface area contributed by atoms with E-state index in [9.17, 15) is 10.1 Å². The third kappa shape index (κ3) is 5.95. The molecule has 2 aliphatic heterocycles. The standard InChI is InChI=1S/C45H42NO7P/c1-4-39(46(47)48)40(38-31-19-21-32-20-17-18-30-37(32)38)54(49)52-44(33-22-9-5-10-23-33,34-24-11-6-12-25-34)41-42(51-43(2,3)50-41)45(53-54,35-26-13-7-14-27-35)36-28-15-8-16-29-36/h5-31,39-42H,4H2,1-3H3/t39-,40+,41+,42+/m0/s1. The van der Waals surface area contributed by atoms with E-state index in [0.29, 0.717) is 27.8 Å². The summed E-state index contributed by atoms with van der Waals surface area (Å²) in [4.78, 5) is 30.2. The van der Waals surface area contributed by atoms with Crippen LogP contribution in [0.1, 0.15) is 60.7 Å².